The molecule has 4 atom stereocenters. The summed E-state index contributed by atoms with van der Waals surface area (Å²) in [6.45, 7) is -0.460. The average Bonchev–Trinajstić information content (AvgIpc) is 2.84. The van der Waals surface area contributed by atoms with E-state index in [1.54, 1.807) is 0 Å². The predicted octanol–water partition coefficient (Wildman–Crippen LogP) is -2.06. The van der Waals surface area contributed by atoms with Gasteiger partial charge in [-0.25, -0.2) is 9.36 Å². The topological polar surface area (TPSA) is 170 Å². The van der Waals surface area contributed by atoms with Gasteiger partial charge in [0.1, 0.15) is 18.3 Å². The maximum Gasteiger partial charge on any atom is 0.470 e. The second-order valence-electron chi connectivity index (χ2n) is 5.15. The molecule has 0 aromatic carbocycles. The minimum absolute atomic E-state index is 0.0122. The van der Waals surface area contributed by atoms with Gasteiger partial charge in [-0.2, -0.15) is 0 Å². The number of nitrogens with one attached hydrogen (secondary N) is 1. The van der Waals surface area contributed by atoms with Crippen LogP contribution in [0.4, 0.5) is 0 Å². The van der Waals surface area contributed by atoms with E-state index in [1.165, 1.54) is 7.11 Å². The van der Waals surface area contributed by atoms with Gasteiger partial charge in [0.25, 0.3) is 5.56 Å². The Kier molecular flexibility index (Phi) is 6.65. The van der Waals surface area contributed by atoms with Crippen molar-refractivity contribution in [3.8, 4) is 0 Å². The van der Waals surface area contributed by atoms with Gasteiger partial charge in [0.05, 0.1) is 19.8 Å². The molecule has 1 aliphatic rings. The zero-order chi connectivity index (χ0) is 18.6. The maximum absolute atomic E-state index is 12.0. The van der Waals surface area contributed by atoms with Crippen LogP contribution in [0.2, 0.25) is 0 Å². The van der Waals surface area contributed by atoms with Gasteiger partial charge < -0.3 is 29.1 Å². The van der Waals surface area contributed by atoms with Crippen molar-refractivity contribution < 1.29 is 38.2 Å². The number of phosphoric acid groups is 1. The van der Waals surface area contributed by atoms with Crippen molar-refractivity contribution in [2.45, 2.75) is 24.5 Å². The monoisotopic (exact) mass is 382 g/mol. The summed E-state index contributed by atoms with van der Waals surface area (Å²) in [5.41, 5.74) is -1.44. The van der Waals surface area contributed by atoms with E-state index in [1.807, 2.05) is 4.98 Å². The molecule has 142 valence electrons. The Morgan fingerprint density at radius 1 is 1.32 bits per heavy atom. The first kappa shape index (κ1) is 19.9. The molecule has 1 saturated heterocycles. The van der Waals surface area contributed by atoms with Crippen LogP contribution in [0.3, 0.4) is 0 Å². The SMILES string of the molecule is COCCO[C@@H]1[C@H](OP(=O)(O)O)[C@@H](CO)O[C@H]1n1ccc(=O)[nH]c1=O. The molecule has 4 N–H and O–H groups in total. The molecule has 1 fully saturated rings. The summed E-state index contributed by atoms with van der Waals surface area (Å²) in [7, 11) is -3.50. The van der Waals surface area contributed by atoms with Crippen LogP contribution in [0.1, 0.15) is 6.23 Å². The predicted molar refractivity (Wildman–Crippen MR) is 80.9 cm³/mol. The molecule has 12 nitrogen and oxygen atoms in total. The van der Waals surface area contributed by atoms with E-state index in [4.69, 9.17) is 24.0 Å². The molecule has 0 spiro atoms. The third-order valence-electron chi connectivity index (χ3n) is 3.45. The first-order chi connectivity index (χ1) is 11.8. The standard InChI is InChI=1S/C12H19N2O10P/c1-21-4-5-22-10-9(24-25(18,19)20)7(6-15)23-11(10)14-3-2-8(16)13-12(14)17/h2-3,7,9-11,15H,4-6H2,1H3,(H,13,16,17)(H2,18,19,20)/t7-,9-,10-,11-/m1/s1. The lowest BCUT2D eigenvalue weighted by Crippen LogP contribution is -2.40. The lowest BCUT2D eigenvalue weighted by Gasteiger charge is -2.24. The minimum Gasteiger partial charge on any atom is -0.394 e. The molecule has 0 saturated carbocycles. The molecule has 0 amide bonds. The fourth-order valence-electron chi connectivity index (χ4n) is 2.44. The number of nitrogens with zero attached hydrogens (tertiary/aromatic N) is 1. The molecular weight excluding hydrogens is 363 g/mol. The average molecular weight is 382 g/mol. The molecule has 25 heavy (non-hydrogen) atoms. The first-order valence-corrected chi connectivity index (χ1v) is 8.72. The number of hydrogen-bond donors (Lipinski definition) is 4. The molecule has 2 heterocycles. The highest BCUT2D eigenvalue weighted by molar-refractivity contribution is 7.46. The number of aliphatic hydroxyl groups is 1. The smallest absolute Gasteiger partial charge is 0.394 e. The van der Waals surface area contributed by atoms with Crippen LogP contribution in [0, 0.1) is 0 Å². The van der Waals surface area contributed by atoms with E-state index in [0.29, 0.717) is 0 Å². The fraction of sp³-hybridized carbons (Fsp3) is 0.667. The first-order valence-electron chi connectivity index (χ1n) is 7.19. The van der Waals surface area contributed by atoms with Gasteiger partial charge in [-0.1, -0.05) is 0 Å². The van der Waals surface area contributed by atoms with E-state index in [2.05, 4.69) is 4.52 Å². The molecule has 1 aliphatic heterocycles. The Morgan fingerprint density at radius 2 is 2.04 bits per heavy atom. The molecule has 0 bridgehead atoms. The van der Waals surface area contributed by atoms with Crippen LogP contribution >= 0.6 is 7.82 Å². The summed E-state index contributed by atoms with van der Waals surface area (Å²) in [5, 5.41) is 9.42. The largest absolute Gasteiger partial charge is 0.470 e. The van der Waals surface area contributed by atoms with Crippen molar-refractivity contribution >= 4 is 7.82 Å². The highest BCUT2D eigenvalue weighted by Crippen LogP contribution is 2.44. The third-order valence-corrected chi connectivity index (χ3v) is 3.97. The highest BCUT2D eigenvalue weighted by Gasteiger charge is 2.49. The summed E-state index contributed by atoms with van der Waals surface area (Å²) >= 11 is 0. The van der Waals surface area contributed by atoms with E-state index < -0.39 is 50.2 Å². The normalized spacial score (nSPS) is 26.9. The van der Waals surface area contributed by atoms with Crippen molar-refractivity contribution in [3.63, 3.8) is 0 Å². The van der Waals surface area contributed by atoms with Crippen molar-refractivity contribution in [3.05, 3.63) is 33.1 Å². The number of hydrogen-bond acceptors (Lipinski definition) is 8. The van der Waals surface area contributed by atoms with Gasteiger partial charge in [-0.05, 0) is 0 Å². The summed E-state index contributed by atoms with van der Waals surface area (Å²) in [4.78, 5) is 43.4. The van der Waals surface area contributed by atoms with Gasteiger partial charge in [-0.15, -0.1) is 0 Å². The van der Waals surface area contributed by atoms with E-state index >= 15 is 0 Å². The van der Waals surface area contributed by atoms with Gasteiger partial charge in [-0.3, -0.25) is 18.9 Å². The Balaban J connectivity index is 2.36. The number of ether oxygens (including phenoxy) is 3. The van der Waals surface area contributed by atoms with Crippen molar-refractivity contribution in [2.75, 3.05) is 26.9 Å². The van der Waals surface area contributed by atoms with Gasteiger partial charge in [0.15, 0.2) is 6.23 Å². The quantitative estimate of drug-likeness (QED) is 0.289. The van der Waals surface area contributed by atoms with Gasteiger partial charge in [0, 0.05) is 19.4 Å². The Morgan fingerprint density at radius 3 is 2.60 bits per heavy atom. The molecular formula is C12H19N2O10P. The van der Waals surface area contributed by atoms with E-state index in [0.717, 1.165) is 16.8 Å². The van der Waals surface area contributed by atoms with Crippen LogP contribution in [0.25, 0.3) is 0 Å². The molecule has 1 aromatic heterocycles. The van der Waals surface area contributed by atoms with Gasteiger partial charge >= 0.3 is 13.5 Å². The molecule has 1 aromatic rings. The Hall–Kier alpha value is -1.37. The third kappa shape index (κ3) is 5.06. The van der Waals surface area contributed by atoms with Crippen LogP contribution in [0.5, 0.6) is 0 Å². The lowest BCUT2D eigenvalue weighted by atomic mass is 10.1. The van der Waals surface area contributed by atoms with Gasteiger partial charge in [0.2, 0.25) is 0 Å². The fourth-order valence-corrected chi connectivity index (χ4v) is 3.01. The minimum atomic E-state index is -4.93. The van der Waals surface area contributed by atoms with Crippen molar-refractivity contribution in [2.24, 2.45) is 0 Å². The number of H-pyrrole nitrogens is 1. The summed E-state index contributed by atoms with van der Waals surface area (Å²) in [5.74, 6) is 0. The van der Waals surface area contributed by atoms with Crippen LogP contribution in [0.15, 0.2) is 21.9 Å². The van der Waals surface area contributed by atoms with E-state index in [-0.39, 0.29) is 13.2 Å². The Bertz CT molecular complexity index is 727. The van der Waals surface area contributed by atoms with Crippen LogP contribution in [-0.2, 0) is 23.3 Å². The van der Waals surface area contributed by atoms with Crippen LogP contribution < -0.4 is 11.2 Å². The number of phosphoric ester groups is 1. The Labute approximate surface area is 141 Å². The number of aromatic nitrogens is 2. The number of rotatable bonds is 8. The number of aliphatic hydroxyl groups excluding tert-OH is 1. The highest BCUT2D eigenvalue weighted by atomic mass is 31.2. The van der Waals surface area contributed by atoms with Crippen molar-refractivity contribution in [1.29, 1.82) is 0 Å². The van der Waals surface area contributed by atoms with Crippen molar-refractivity contribution in [1.82, 2.24) is 9.55 Å². The lowest BCUT2D eigenvalue weighted by molar-refractivity contribution is -0.0816. The number of methoxy groups -OCH3 is 1. The zero-order valence-electron chi connectivity index (χ0n) is 13.2. The second-order valence-corrected chi connectivity index (χ2v) is 6.35. The van der Waals surface area contributed by atoms with Crippen LogP contribution in [-0.4, -0.2) is 69.7 Å². The molecule has 0 unspecified atom stereocenters. The summed E-state index contributed by atoms with van der Waals surface area (Å²) < 4.78 is 32.7. The zero-order valence-corrected chi connectivity index (χ0v) is 14.1. The molecule has 0 aliphatic carbocycles. The molecule has 0 radical (unpaired) electrons. The molecule has 2 rings (SSSR count). The summed E-state index contributed by atoms with van der Waals surface area (Å²) in [6.07, 6.45) is -3.71. The second kappa shape index (κ2) is 8.34. The van der Waals surface area contributed by atoms with E-state index in [9.17, 15) is 19.3 Å². The number of aromatic amines is 1. The summed E-state index contributed by atoms with van der Waals surface area (Å²) in [6, 6.07) is 1.07. The maximum atomic E-state index is 12.0. The molecule has 13 heteroatoms.